The van der Waals surface area contributed by atoms with Crippen LogP contribution in [0.3, 0.4) is 0 Å². The Morgan fingerprint density at radius 3 is 2.56 bits per heavy atom. The number of hydrogen-bond acceptors (Lipinski definition) is 5. The van der Waals surface area contributed by atoms with Crippen LogP contribution >= 0.6 is 0 Å². The number of halogens is 1. The summed E-state index contributed by atoms with van der Waals surface area (Å²) in [6.07, 6.45) is 1.52. The van der Waals surface area contributed by atoms with Crippen molar-refractivity contribution in [2.75, 3.05) is 10.2 Å². The molecule has 0 unspecified atom stereocenters. The lowest BCUT2D eigenvalue weighted by Gasteiger charge is -2.27. The van der Waals surface area contributed by atoms with Crippen LogP contribution in [-0.4, -0.2) is 32.7 Å². The van der Waals surface area contributed by atoms with Crippen LogP contribution in [0.5, 0.6) is 0 Å². The van der Waals surface area contributed by atoms with E-state index in [0.717, 1.165) is 11.1 Å². The Morgan fingerprint density at radius 1 is 1.19 bits per heavy atom. The number of hydrogen-bond donors (Lipinski definition) is 3. The number of rotatable bonds is 7. The molecule has 0 bridgehead atoms. The summed E-state index contributed by atoms with van der Waals surface area (Å²) in [5.74, 6) is 0.160. The predicted octanol–water partition coefficient (Wildman–Crippen LogP) is 4.54. The first-order valence-corrected chi connectivity index (χ1v) is 10.3. The highest BCUT2D eigenvalue weighted by Crippen LogP contribution is 2.25. The van der Waals surface area contributed by atoms with E-state index in [4.69, 9.17) is 0 Å². The number of anilines is 3. The standard InChI is InChI=1S/C24H28FN5O2/c1-16-6-5-7-18(14-16)15-27-23(31)30(20-10-8-19(25)9-11-20)21-12-13-26-22(29-21)28-17(2)24(3,4)32/h5-14,17,32H,15H2,1-4H3,(H,27,31)(H,26,28,29)/t17-/m0/s1. The van der Waals surface area contributed by atoms with Crippen molar-refractivity contribution in [2.24, 2.45) is 0 Å². The average Bonchev–Trinajstić information content (AvgIpc) is 2.73. The van der Waals surface area contributed by atoms with E-state index >= 15 is 0 Å². The van der Waals surface area contributed by atoms with Crippen LogP contribution < -0.4 is 15.5 Å². The molecule has 8 heteroatoms. The normalized spacial score (nSPS) is 12.2. The Bertz CT molecular complexity index is 1070. The molecule has 0 aliphatic rings. The minimum Gasteiger partial charge on any atom is -0.388 e. The van der Waals surface area contributed by atoms with E-state index < -0.39 is 17.4 Å². The van der Waals surface area contributed by atoms with E-state index in [0.29, 0.717) is 18.1 Å². The smallest absolute Gasteiger partial charge is 0.327 e. The first-order valence-electron chi connectivity index (χ1n) is 10.3. The van der Waals surface area contributed by atoms with Gasteiger partial charge < -0.3 is 15.7 Å². The molecular weight excluding hydrogens is 409 g/mol. The van der Waals surface area contributed by atoms with Gasteiger partial charge in [0.2, 0.25) is 5.95 Å². The highest BCUT2D eigenvalue weighted by Gasteiger charge is 2.24. The van der Waals surface area contributed by atoms with Crippen molar-refractivity contribution >= 4 is 23.5 Å². The lowest BCUT2D eigenvalue weighted by molar-refractivity contribution is 0.0646. The number of nitrogens with one attached hydrogen (secondary N) is 2. The first kappa shape index (κ1) is 23.1. The monoisotopic (exact) mass is 437 g/mol. The van der Waals surface area contributed by atoms with Gasteiger partial charge in [0.15, 0.2) is 0 Å². The molecule has 1 aromatic heterocycles. The van der Waals surface area contributed by atoms with Crippen LogP contribution in [0, 0.1) is 12.7 Å². The quantitative estimate of drug-likeness (QED) is 0.505. The number of aryl methyl sites for hydroxylation is 1. The van der Waals surface area contributed by atoms with Crippen LogP contribution in [0.15, 0.2) is 60.8 Å². The summed E-state index contributed by atoms with van der Waals surface area (Å²) in [4.78, 5) is 23.2. The molecule has 1 heterocycles. The number of aliphatic hydroxyl groups is 1. The molecule has 168 valence electrons. The van der Waals surface area contributed by atoms with Crippen molar-refractivity contribution in [3.05, 3.63) is 77.7 Å². The lowest BCUT2D eigenvalue weighted by Crippen LogP contribution is -2.40. The van der Waals surface area contributed by atoms with Gasteiger partial charge in [0, 0.05) is 18.8 Å². The minimum absolute atomic E-state index is 0.260. The van der Waals surface area contributed by atoms with Gasteiger partial charge in [0.25, 0.3) is 0 Å². The summed E-state index contributed by atoms with van der Waals surface area (Å²) < 4.78 is 13.5. The molecule has 2 amide bonds. The van der Waals surface area contributed by atoms with E-state index in [-0.39, 0.29) is 12.0 Å². The van der Waals surface area contributed by atoms with Crippen molar-refractivity contribution in [3.8, 4) is 0 Å². The van der Waals surface area contributed by atoms with Crippen LogP contribution in [-0.2, 0) is 6.54 Å². The molecule has 3 N–H and O–H groups in total. The molecule has 7 nitrogen and oxygen atoms in total. The first-order chi connectivity index (χ1) is 15.1. The topological polar surface area (TPSA) is 90.4 Å². The Morgan fingerprint density at radius 2 is 1.91 bits per heavy atom. The summed E-state index contributed by atoms with van der Waals surface area (Å²) in [5, 5.41) is 16.1. The van der Waals surface area contributed by atoms with Gasteiger partial charge in [-0.15, -0.1) is 0 Å². The maximum Gasteiger partial charge on any atom is 0.327 e. The Balaban J connectivity index is 1.88. The van der Waals surface area contributed by atoms with Gasteiger partial charge in [0.05, 0.1) is 17.3 Å². The predicted molar refractivity (Wildman–Crippen MR) is 123 cm³/mol. The molecule has 3 rings (SSSR count). The third-order valence-corrected chi connectivity index (χ3v) is 5.09. The molecule has 1 atom stereocenters. The van der Waals surface area contributed by atoms with Crippen molar-refractivity contribution in [2.45, 2.75) is 45.9 Å². The molecule has 3 aromatic rings. The van der Waals surface area contributed by atoms with E-state index in [2.05, 4.69) is 20.6 Å². The van der Waals surface area contributed by atoms with Crippen LogP contribution in [0.25, 0.3) is 0 Å². The molecule has 0 aliphatic heterocycles. The van der Waals surface area contributed by atoms with Crippen molar-refractivity contribution in [1.82, 2.24) is 15.3 Å². The summed E-state index contributed by atoms with van der Waals surface area (Å²) >= 11 is 0. The Hall–Kier alpha value is -3.52. The highest BCUT2D eigenvalue weighted by atomic mass is 19.1. The number of benzene rings is 2. The molecule has 32 heavy (non-hydrogen) atoms. The summed E-state index contributed by atoms with van der Waals surface area (Å²) in [7, 11) is 0. The third kappa shape index (κ3) is 6.01. The van der Waals surface area contributed by atoms with E-state index in [1.165, 1.54) is 35.4 Å². The van der Waals surface area contributed by atoms with E-state index in [1.54, 1.807) is 19.9 Å². The van der Waals surface area contributed by atoms with Gasteiger partial charge in [-0.05, 0) is 57.5 Å². The molecule has 0 aliphatic carbocycles. The van der Waals surface area contributed by atoms with Crippen LogP contribution in [0.1, 0.15) is 31.9 Å². The van der Waals surface area contributed by atoms with E-state index in [9.17, 15) is 14.3 Å². The number of carbonyl (C=O) groups excluding carboxylic acids is 1. The molecule has 0 saturated carbocycles. The number of urea groups is 1. The molecule has 2 aromatic carbocycles. The Kier molecular flexibility index (Phi) is 7.05. The van der Waals surface area contributed by atoms with Gasteiger partial charge in [-0.25, -0.2) is 19.1 Å². The van der Waals surface area contributed by atoms with Crippen molar-refractivity contribution in [1.29, 1.82) is 0 Å². The van der Waals surface area contributed by atoms with Crippen molar-refractivity contribution < 1.29 is 14.3 Å². The summed E-state index contributed by atoms with van der Waals surface area (Å²) in [6, 6.07) is 14.3. The number of aromatic nitrogens is 2. The number of amides is 2. The fourth-order valence-corrected chi connectivity index (χ4v) is 2.94. The molecule has 0 spiro atoms. The summed E-state index contributed by atoms with van der Waals surface area (Å²) in [6.45, 7) is 7.48. The molecule has 0 radical (unpaired) electrons. The largest absolute Gasteiger partial charge is 0.388 e. The third-order valence-electron chi connectivity index (χ3n) is 5.09. The number of nitrogens with zero attached hydrogens (tertiary/aromatic N) is 3. The fourth-order valence-electron chi connectivity index (χ4n) is 2.94. The van der Waals surface area contributed by atoms with Gasteiger partial charge >= 0.3 is 6.03 Å². The average molecular weight is 438 g/mol. The van der Waals surface area contributed by atoms with Crippen LogP contribution in [0.4, 0.5) is 26.6 Å². The lowest BCUT2D eigenvalue weighted by atomic mass is 10.0. The van der Waals surface area contributed by atoms with Gasteiger partial charge in [0.1, 0.15) is 11.6 Å². The zero-order valence-electron chi connectivity index (χ0n) is 18.6. The van der Waals surface area contributed by atoms with Gasteiger partial charge in [-0.2, -0.15) is 4.98 Å². The molecule has 0 fully saturated rings. The maximum atomic E-state index is 13.5. The van der Waals surface area contributed by atoms with Gasteiger partial charge in [-0.3, -0.25) is 0 Å². The molecule has 0 saturated heterocycles. The Labute approximate surface area is 187 Å². The second kappa shape index (κ2) is 9.74. The SMILES string of the molecule is Cc1cccc(CNC(=O)N(c2ccc(F)cc2)c2ccnc(N[C@@H](C)C(C)(C)O)n2)c1. The second-order valence-corrected chi connectivity index (χ2v) is 8.22. The van der Waals surface area contributed by atoms with Gasteiger partial charge in [-0.1, -0.05) is 29.8 Å². The maximum absolute atomic E-state index is 13.5. The van der Waals surface area contributed by atoms with E-state index in [1.807, 2.05) is 38.1 Å². The number of carbonyl (C=O) groups is 1. The minimum atomic E-state index is -0.999. The van der Waals surface area contributed by atoms with Crippen LogP contribution in [0.2, 0.25) is 0 Å². The van der Waals surface area contributed by atoms with Crippen molar-refractivity contribution in [3.63, 3.8) is 0 Å². The summed E-state index contributed by atoms with van der Waals surface area (Å²) in [5.41, 5.74) is 1.51. The molecular formula is C24H28FN5O2. The highest BCUT2D eigenvalue weighted by molar-refractivity contribution is 5.98. The zero-order chi connectivity index (χ0) is 23.3. The fraction of sp³-hybridized carbons (Fsp3) is 0.292. The zero-order valence-corrected chi connectivity index (χ0v) is 18.6. The second-order valence-electron chi connectivity index (χ2n) is 8.22.